The summed E-state index contributed by atoms with van der Waals surface area (Å²) in [6.45, 7) is 0. The van der Waals surface area contributed by atoms with Crippen molar-refractivity contribution in [1.82, 2.24) is 9.97 Å². The van der Waals surface area contributed by atoms with Crippen LogP contribution >= 0.6 is 0 Å². The number of hydrogen-bond donors (Lipinski definition) is 2. The minimum atomic E-state index is -0.723. The van der Waals surface area contributed by atoms with Gasteiger partial charge in [-0.1, -0.05) is 0 Å². The monoisotopic (exact) mass is 362 g/mol. The first-order chi connectivity index (χ1) is 13.2. The van der Waals surface area contributed by atoms with E-state index < -0.39 is 5.97 Å². The van der Waals surface area contributed by atoms with Crippen LogP contribution in [0.15, 0.2) is 52.3 Å². The van der Waals surface area contributed by atoms with E-state index in [2.05, 4.69) is 20.3 Å². The van der Waals surface area contributed by atoms with Crippen LogP contribution in [0, 0.1) is 0 Å². The molecule has 0 spiro atoms. The number of methoxy groups -OCH3 is 1. The average Bonchev–Trinajstić information content (AvgIpc) is 3.24. The SMILES string of the molecule is COC(=O)c1c(Nc2ccncc2)oc(/C=C2\C=Nc3ncccc32)c1O. The zero-order valence-electron chi connectivity index (χ0n) is 14.2. The molecule has 4 rings (SSSR count). The Kier molecular flexibility index (Phi) is 4.13. The lowest BCUT2D eigenvalue weighted by molar-refractivity contribution is 0.0598. The number of rotatable bonds is 4. The van der Waals surface area contributed by atoms with Crippen LogP contribution < -0.4 is 5.32 Å². The molecule has 3 aromatic rings. The molecule has 0 saturated carbocycles. The van der Waals surface area contributed by atoms with Crippen LogP contribution in [0.1, 0.15) is 21.7 Å². The Labute approximate surface area is 153 Å². The van der Waals surface area contributed by atoms with Gasteiger partial charge in [-0.3, -0.25) is 4.98 Å². The number of aromatic nitrogens is 2. The molecule has 0 saturated heterocycles. The Morgan fingerprint density at radius 2 is 2.07 bits per heavy atom. The van der Waals surface area contributed by atoms with E-state index in [0.29, 0.717) is 17.1 Å². The van der Waals surface area contributed by atoms with Gasteiger partial charge in [0, 0.05) is 41.6 Å². The lowest BCUT2D eigenvalue weighted by Gasteiger charge is -2.04. The Balaban J connectivity index is 1.77. The predicted octanol–water partition coefficient (Wildman–Crippen LogP) is 3.56. The van der Waals surface area contributed by atoms with E-state index in [1.165, 1.54) is 7.11 Å². The standard InChI is InChI=1S/C19H14N4O4/c1-26-19(25)15-16(24)14(27-18(15)23-12-4-7-20-8-5-12)9-11-10-22-17-13(11)3-2-6-21-17/h2-10,24H,1H3,(H,20,23)/b11-9+. The lowest BCUT2D eigenvalue weighted by Crippen LogP contribution is -2.03. The maximum absolute atomic E-state index is 12.1. The van der Waals surface area contributed by atoms with Crippen LogP contribution in [0.2, 0.25) is 0 Å². The third kappa shape index (κ3) is 3.04. The molecule has 4 heterocycles. The molecule has 0 atom stereocenters. The highest BCUT2D eigenvalue weighted by Crippen LogP contribution is 2.39. The summed E-state index contributed by atoms with van der Waals surface area (Å²) in [4.78, 5) is 24.5. The summed E-state index contributed by atoms with van der Waals surface area (Å²) in [6.07, 6.45) is 8.04. The number of aromatic hydroxyl groups is 1. The van der Waals surface area contributed by atoms with E-state index in [1.54, 1.807) is 49.1 Å². The Hall–Kier alpha value is -3.94. The quantitative estimate of drug-likeness (QED) is 0.683. The fraction of sp³-hybridized carbons (Fsp3) is 0.0526. The third-order valence-corrected chi connectivity index (χ3v) is 3.95. The van der Waals surface area contributed by atoms with Gasteiger partial charge >= 0.3 is 5.97 Å². The molecule has 1 aliphatic heterocycles. The summed E-state index contributed by atoms with van der Waals surface area (Å²) in [5, 5.41) is 13.5. The molecule has 8 heteroatoms. The maximum Gasteiger partial charge on any atom is 0.347 e. The molecule has 0 unspecified atom stereocenters. The number of anilines is 2. The van der Waals surface area contributed by atoms with E-state index in [-0.39, 0.29) is 23.0 Å². The van der Waals surface area contributed by atoms with E-state index in [0.717, 1.165) is 5.56 Å². The van der Waals surface area contributed by atoms with Crippen molar-refractivity contribution in [1.29, 1.82) is 0 Å². The van der Waals surface area contributed by atoms with Crippen molar-refractivity contribution in [2.75, 3.05) is 12.4 Å². The second-order valence-corrected chi connectivity index (χ2v) is 5.60. The van der Waals surface area contributed by atoms with Gasteiger partial charge < -0.3 is 19.6 Å². The van der Waals surface area contributed by atoms with Gasteiger partial charge in [-0.2, -0.15) is 0 Å². The average molecular weight is 362 g/mol. The Bertz CT molecular complexity index is 1070. The normalized spacial score (nSPS) is 13.6. The molecule has 2 N–H and O–H groups in total. The van der Waals surface area contributed by atoms with Gasteiger partial charge in [0.25, 0.3) is 0 Å². The number of carbonyl (C=O) groups excluding carboxylic acids is 1. The van der Waals surface area contributed by atoms with Gasteiger partial charge in [-0.05, 0) is 30.3 Å². The van der Waals surface area contributed by atoms with Gasteiger partial charge in [-0.25, -0.2) is 14.8 Å². The number of hydrogen-bond acceptors (Lipinski definition) is 8. The molecule has 0 bridgehead atoms. The second kappa shape index (κ2) is 6.75. The summed E-state index contributed by atoms with van der Waals surface area (Å²) >= 11 is 0. The number of carbonyl (C=O) groups is 1. The van der Waals surface area contributed by atoms with Gasteiger partial charge in [0.1, 0.15) is 0 Å². The van der Waals surface area contributed by atoms with Crippen molar-refractivity contribution >= 4 is 41.2 Å². The van der Waals surface area contributed by atoms with Gasteiger partial charge in [0.15, 0.2) is 22.9 Å². The summed E-state index contributed by atoms with van der Waals surface area (Å²) in [7, 11) is 1.23. The highest BCUT2D eigenvalue weighted by molar-refractivity contribution is 6.21. The summed E-state index contributed by atoms with van der Waals surface area (Å²) in [6, 6.07) is 7.05. The van der Waals surface area contributed by atoms with Gasteiger partial charge in [0.05, 0.1) is 7.11 Å². The molecule has 0 fully saturated rings. The molecular formula is C19H14N4O4. The van der Waals surface area contributed by atoms with Crippen molar-refractivity contribution < 1.29 is 19.1 Å². The van der Waals surface area contributed by atoms with Crippen LogP contribution in [0.25, 0.3) is 11.6 Å². The number of pyridine rings is 2. The minimum Gasteiger partial charge on any atom is -0.504 e. The first-order valence-electron chi connectivity index (χ1n) is 7.99. The summed E-state index contributed by atoms with van der Waals surface area (Å²) < 4.78 is 10.5. The molecule has 27 heavy (non-hydrogen) atoms. The molecule has 1 aliphatic rings. The number of fused-ring (bicyclic) bond motifs is 1. The Morgan fingerprint density at radius 1 is 1.26 bits per heavy atom. The smallest absolute Gasteiger partial charge is 0.347 e. The number of esters is 1. The van der Waals surface area contributed by atoms with E-state index in [4.69, 9.17) is 9.15 Å². The molecular weight excluding hydrogens is 348 g/mol. The van der Waals surface area contributed by atoms with Gasteiger partial charge in [0.2, 0.25) is 5.88 Å². The van der Waals surface area contributed by atoms with E-state index in [1.807, 2.05) is 6.07 Å². The van der Waals surface area contributed by atoms with Crippen molar-refractivity contribution in [2.45, 2.75) is 0 Å². The number of furan rings is 1. The molecule has 0 aliphatic carbocycles. The molecule has 0 radical (unpaired) electrons. The van der Waals surface area contributed by atoms with E-state index >= 15 is 0 Å². The highest BCUT2D eigenvalue weighted by Gasteiger charge is 2.27. The lowest BCUT2D eigenvalue weighted by atomic mass is 10.1. The molecule has 8 nitrogen and oxygen atoms in total. The number of ether oxygens (including phenoxy) is 1. The fourth-order valence-electron chi connectivity index (χ4n) is 2.67. The van der Waals surface area contributed by atoms with Crippen molar-refractivity contribution in [3.8, 4) is 5.75 Å². The summed E-state index contributed by atoms with van der Waals surface area (Å²) in [5.74, 6) is -0.293. The Morgan fingerprint density at radius 3 is 2.85 bits per heavy atom. The topological polar surface area (TPSA) is 110 Å². The fourth-order valence-corrected chi connectivity index (χ4v) is 2.67. The largest absolute Gasteiger partial charge is 0.504 e. The minimum absolute atomic E-state index is 0.0683. The van der Waals surface area contributed by atoms with E-state index in [9.17, 15) is 9.90 Å². The third-order valence-electron chi connectivity index (χ3n) is 3.95. The van der Waals surface area contributed by atoms with Crippen molar-refractivity contribution in [3.05, 3.63) is 59.7 Å². The molecule has 0 aromatic carbocycles. The van der Waals surface area contributed by atoms with Gasteiger partial charge in [-0.15, -0.1) is 0 Å². The highest BCUT2D eigenvalue weighted by atomic mass is 16.5. The van der Waals surface area contributed by atoms with Crippen molar-refractivity contribution in [2.24, 2.45) is 4.99 Å². The van der Waals surface area contributed by atoms with Crippen molar-refractivity contribution in [3.63, 3.8) is 0 Å². The first-order valence-corrected chi connectivity index (χ1v) is 7.99. The number of aliphatic imine (C=N–C) groups is 1. The molecule has 0 amide bonds. The van der Waals surface area contributed by atoms with Crippen LogP contribution in [0.5, 0.6) is 5.75 Å². The number of nitrogens with one attached hydrogen (secondary N) is 1. The van der Waals surface area contributed by atoms with Crippen LogP contribution in [-0.4, -0.2) is 34.4 Å². The maximum atomic E-state index is 12.1. The van der Waals surface area contributed by atoms with Crippen LogP contribution in [0.3, 0.4) is 0 Å². The zero-order chi connectivity index (χ0) is 18.8. The summed E-state index contributed by atoms with van der Waals surface area (Å²) in [5.41, 5.74) is 2.05. The molecule has 134 valence electrons. The van der Waals surface area contributed by atoms with Crippen LogP contribution in [-0.2, 0) is 4.74 Å². The predicted molar refractivity (Wildman–Crippen MR) is 99.5 cm³/mol. The number of allylic oxidation sites excluding steroid dienone is 1. The zero-order valence-corrected chi connectivity index (χ0v) is 14.2. The first kappa shape index (κ1) is 16.5. The molecule has 3 aromatic heterocycles. The van der Waals surface area contributed by atoms with Crippen LogP contribution in [0.4, 0.5) is 17.4 Å². The second-order valence-electron chi connectivity index (χ2n) is 5.60. The number of nitrogens with zero attached hydrogens (tertiary/aromatic N) is 3.